The number of aryl methyl sites for hydroxylation is 1. The van der Waals surface area contributed by atoms with Gasteiger partial charge < -0.3 is 10.1 Å². The van der Waals surface area contributed by atoms with E-state index in [-0.39, 0.29) is 6.04 Å². The zero-order valence-corrected chi connectivity index (χ0v) is 16.6. The molecule has 1 N–H and O–H groups in total. The zero-order chi connectivity index (χ0) is 19.7. The van der Waals surface area contributed by atoms with Crippen molar-refractivity contribution in [3.8, 4) is 5.75 Å². The quantitative estimate of drug-likeness (QED) is 0.698. The molecule has 6 heteroatoms. The van der Waals surface area contributed by atoms with Gasteiger partial charge in [-0.05, 0) is 49.4 Å². The Morgan fingerprint density at radius 3 is 2.39 bits per heavy atom. The second-order valence-corrected chi connectivity index (χ2v) is 8.70. The predicted octanol–water partition coefficient (Wildman–Crippen LogP) is 4.37. The number of hydrogen-bond donors (Lipinski definition) is 1. The number of benzene rings is 3. The molecule has 0 saturated carbocycles. The van der Waals surface area contributed by atoms with Crippen molar-refractivity contribution in [2.45, 2.75) is 17.9 Å². The smallest absolute Gasteiger partial charge is 0.264 e. The van der Waals surface area contributed by atoms with Crippen molar-refractivity contribution in [3.63, 3.8) is 0 Å². The lowest BCUT2D eigenvalue weighted by Crippen LogP contribution is -2.31. The molecule has 4 rings (SSSR count). The van der Waals surface area contributed by atoms with Crippen LogP contribution in [0.25, 0.3) is 0 Å². The maximum Gasteiger partial charge on any atom is 0.264 e. The van der Waals surface area contributed by atoms with Gasteiger partial charge in [0.1, 0.15) is 5.75 Å². The summed E-state index contributed by atoms with van der Waals surface area (Å²) in [6.45, 7) is 2.25. The molecule has 0 aromatic heterocycles. The molecule has 0 aliphatic carbocycles. The van der Waals surface area contributed by atoms with Gasteiger partial charge in [0.2, 0.25) is 0 Å². The van der Waals surface area contributed by atoms with Crippen LogP contribution in [-0.4, -0.2) is 22.1 Å². The largest absolute Gasteiger partial charge is 0.497 e. The normalized spacial score (nSPS) is 15.9. The average Bonchev–Trinajstić information content (AvgIpc) is 3.07. The highest BCUT2D eigenvalue weighted by molar-refractivity contribution is 7.92. The number of nitrogens with one attached hydrogen (secondary N) is 1. The fourth-order valence-corrected chi connectivity index (χ4v) is 4.96. The van der Waals surface area contributed by atoms with E-state index in [1.165, 1.54) is 4.31 Å². The second kappa shape index (κ2) is 7.20. The molecule has 1 heterocycles. The monoisotopic (exact) mass is 394 g/mol. The van der Waals surface area contributed by atoms with E-state index < -0.39 is 10.0 Å². The SMILES string of the molecule is COc1ccc2c(c1)C(Nc1ccccc1)CN2S(=O)(=O)c1ccc(C)cc1. The van der Waals surface area contributed by atoms with Gasteiger partial charge in [0, 0.05) is 11.3 Å². The molecule has 1 aliphatic rings. The van der Waals surface area contributed by atoms with Gasteiger partial charge in [0.25, 0.3) is 10.0 Å². The molecule has 0 saturated heterocycles. The molecule has 0 bridgehead atoms. The summed E-state index contributed by atoms with van der Waals surface area (Å²) in [4.78, 5) is 0.292. The number of hydrogen-bond acceptors (Lipinski definition) is 4. The van der Waals surface area contributed by atoms with E-state index in [2.05, 4.69) is 5.32 Å². The average molecular weight is 394 g/mol. The van der Waals surface area contributed by atoms with Crippen molar-refractivity contribution in [3.05, 3.63) is 83.9 Å². The number of para-hydroxylation sites is 1. The van der Waals surface area contributed by atoms with Gasteiger partial charge in [0.05, 0.1) is 30.3 Å². The number of sulfonamides is 1. The van der Waals surface area contributed by atoms with Gasteiger partial charge in [-0.1, -0.05) is 35.9 Å². The van der Waals surface area contributed by atoms with Gasteiger partial charge in [-0.3, -0.25) is 4.31 Å². The highest BCUT2D eigenvalue weighted by atomic mass is 32.2. The summed E-state index contributed by atoms with van der Waals surface area (Å²) < 4.78 is 33.5. The number of anilines is 2. The maximum atomic E-state index is 13.3. The highest BCUT2D eigenvalue weighted by Crippen LogP contribution is 2.41. The van der Waals surface area contributed by atoms with Crippen LogP contribution >= 0.6 is 0 Å². The first-order chi connectivity index (χ1) is 13.5. The van der Waals surface area contributed by atoms with Crippen LogP contribution in [0.3, 0.4) is 0 Å². The van der Waals surface area contributed by atoms with Crippen LogP contribution in [0.5, 0.6) is 5.75 Å². The first-order valence-corrected chi connectivity index (χ1v) is 10.5. The van der Waals surface area contributed by atoms with Gasteiger partial charge in [-0.15, -0.1) is 0 Å². The molecule has 5 nitrogen and oxygen atoms in total. The lowest BCUT2D eigenvalue weighted by molar-refractivity contribution is 0.414. The fraction of sp³-hybridized carbons (Fsp3) is 0.182. The Morgan fingerprint density at radius 2 is 1.71 bits per heavy atom. The van der Waals surface area contributed by atoms with Crippen LogP contribution in [0.4, 0.5) is 11.4 Å². The number of nitrogens with zero attached hydrogens (tertiary/aromatic N) is 1. The van der Waals surface area contributed by atoms with E-state index >= 15 is 0 Å². The van der Waals surface area contributed by atoms with Gasteiger partial charge in [-0.25, -0.2) is 8.42 Å². The molecule has 1 aliphatic heterocycles. The first kappa shape index (κ1) is 18.4. The number of fused-ring (bicyclic) bond motifs is 1. The molecule has 28 heavy (non-hydrogen) atoms. The maximum absolute atomic E-state index is 13.3. The van der Waals surface area contributed by atoms with Crippen LogP contribution in [0, 0.1) is 6.92 Å². The summed E-state index contributed by atoms with van der Waals surface area (Å²) >= 11 is 0. The van der Waals surface area contributed by atoms with Crippen LogP contribution in [0.1, 0.15) is 17.2 Å². The summed E-state index contributed by atoms with van der Waals surface area (Å²) in [6, 6.07) is 22.1. The number of methoxy groups -OCH3 is 1. The molecule has 1 atom stereocenters. The van der Waals surface area contributed by atoms with Crippen molar-refractivity contribution >= 4 is 21.4 Å². The zero-order valence-electron chi connectivity index (χ0n) is 15.8. The number of ether oxygens (including phenoxy) is 1. The molecular formula is C22H22N2O3S. The van der Waals surface area contributed by atoms with Gasteiger partial charge in [-0.2, -0.15) is 0 Å². The Bertz CT molecular complexity index is 1080. The lowest BCUT2D eigenvalue weighted by atomic mass is 10.1. The third-order valence-corrected chi connectivity index (χ3v) is 6.74. The van der Waals surface area contributed by atoms with Crippen LogP contribution in [0.15, 0.2) is 77.7 Å². The Morgan fingerprint density at radius 1 is 1.00 bits per heavy atom. The first-order valence-electron chi connectivity index (χ1n) is 9.08. The van der Waals surface area contributed by atoms with E-state index in [4.69, 9.17) is 4.74 Å². The van der Waals surface area contributed by atoms with Crippen molar-refractivity contribution in [1.29, 1.82) is 0 Å². The van der Waals surface area contributed by atoms with Gasteiger partial charge >= 0.3 is 0 Å². The van der Waals surface area contributed by atoms with E-state index in [0.29, 0.717) is 22.9 Å². The van der Waals surface area contributed by atoms with E-state index in [9.17, 15) is 8.42 Å². The van der Waals surface area contributed by atoms with E-state index in [0.717, 1.165) is 16.8 Å². The van der Waals surface area contributed by atoms with E-state index in [1.54, 1.807) is 25.3 Å². The van der Waals surface area contributed by atoms with Crippen LogP contribution < -0.4 is 14.4 Å². The topological polar surface area (TPSA) is 58.6 Å². The van der Waals surface area contributed by atoms with Crippen LogP contribution in [-0.2, 0) is 10.0 Å². The summed E-state index contributed by atoms with van der Waals surface area (Å²) in [5, 5.41) is 3.45. The molecule has 0 spiro atoms. The Kier molecular flexibility index (Phi) is 4.73. The molecular weight excluding hydrogens is 372 g/mol. The molecule has 0 radical (unpaired) electrons. The summed E-state index contributed by atoms with van der Waals surface area (Å²) in [5.41, 5.74) is 3.54. The summed E-state index contributed by atoms with van der Waals surface area (Å²) in [6.07, 6.45) is 0. The molecule has 3 aromatic rings. The molecule has 0 fully saturated rings. The van der Waals surface area contributed by atoms with E-state index in [1.807, 2.05) is 61.5 Å². The van der Waals surface area contributed by atoms with Crippen LogP contribution in [0.2, 0.25) is 0 Å². The predicted molar refractivity (Wildman–Crippen MR) is 112 cm³/mol. The minimum atomic E-state index is -3.66. The molecule has 3 aromatic carbocycles. The lowest BCUT2D eigenvalue weighted by Gasteiger charge is -2.20. The third kappa shape index (κ3) is 3.31. The standard InChI is InChI=1S/C22H22N2O3S/c1-16-8-11-19(12-9-16)28(25,26)24-15-21(23-17-6-4-3-5-7-17)20-14-18(27-2)10-13-22(20)24/h3-14,21,23H,15H2,1-2H3. The Labute approximate surface area is 165 Å². The van der Waals surface area contributed by atoms with Crippen molar-refractivity contribution in [1.82, 2.24) is 0 Å². The minimum Gasteiger partial charge on any atom is -0.497 e. The van der Waals surface area contributed by atoms with Crippen molar-refractivity contribution in [2.75, 3.05) is 23.3 Å². The Hall–Kier alpha value is -2.99. The molecule has 0 amide bonds. The van der Waals surface area contributed by atoms with Crippen molar-refractivity contribution in [2.24, 2.45) is 0 Å². The highest BCUT2D eigenvalue weighted by Gasteiger charge is 2.37. The van der Waals surface area contributed by atoms with Gasteiger partial charge in [0.15, 0.2) is 0 Å². The Balaban J connectivity index is 1.75. The summed E-state index contributed by atoms with van der Waals surface area (Å²) in [7, 11) is -2.05. The summed E-state index contributed by atoms with van der Waals surface area (Å²) in [5.74, 6) is 0.702. The molecule has 144 valence electrons. The third-order valence-electron chi connectivity index (χ3n) is 4.95. The minimum absolute atomic E-state index is 0.173. The second-order valence-electron chi connectivity index (χ2n) is 6.84. The van der Waals surface area contributed by atoms with Crippen molar-refractivity contribution < 1.29 is 13.2 Å². The fourth-order valence-electron chi connectivity index (χ4n) is 3.45. The molecule has 1 unspecified atom stereocenters. The number of rotatable bonds is 5.